The molecule has 428 valence electrons. The molecule has 0 saturated carbocycles. The fourth-order valence-corrected chi connectivity index (χ4v) is 11.7. The van der Waals surface area contributed by atoms with Crippen LogP contribution in [0.15, 0.2) is 83.5 Å². The summed E-state index contributed by atoms with van der Waals surface area (Å²) in [6, 6.07) is 5.18. The van der Waals surface area contributed by atoms with Crippen LogP contribution in [-0.2, 0) is 57.0 Å². The molecule has 1 aromatic rings. The summed E-state index contributed by atoms with van der Waals surface area (Å²) >= 11 is 0. The summed E-state index contributed by atoms with van der Waals surface area (Å²) in [5.74, 6) is -2.36. The van der Waals surface area contributed by atoms with E-state index in [9.17, 15) is 24.9 Å². The molecule has 18 nitrogen and oxygen atoms in total. The van der Waals surface area contributed by atoms with Gasteiger partial charge in [-0.15, -0.1) is 0 Å². The Morgan fingerprint density at radius 3 is 2.26 bits per heavy atom. The molecule has 4 fully saturated rings. The lowest BCUT2D eigenvalue weighted by Crippen LogP contribution is -2.58. The van der Waals surface area contributed by atoms with Gasteiger partial charge in [0.2, 0.25) is 0 Å². The number of rotatable bonds is 12. The molecule has 6 heterocycles. The van der Waals surface area contributed by atoms with Crippen molar-refractivity contribution in [1.29, 1.82) is 0 Å². The minimum Gasteiger partial charge on any atom is -0.493 e. The number of carboxylic acids is 1. The summed E-state index contributed by atoms with van der Waals surface area (Å²) in [6.45, 7) is 16.1. The SMILES string of the molecule is CCC(C)C1OC2(C=CC1C)CC1CC(CC=C(C)C(OC3CC(OC)C(OC4CC(OC)C(O)C(C)O4)C(C)O3)C(C)C=CC=C3COC4C(O)C(C)=CC(C(=O)O1)C34O)O2.COc1ccc(C=CC(=O)O)cc1OC. The van der Waals surface area contributed by atoms with Gasteiger partial charge in [-0.25, -0.2) is 4.79 Å². The number of methoxy groups -OCH3 is 4. The summed E-state index contributed by atoms with van der Waals surface area (Å²) in [4.78, 5) is 24.7. The highest BCUT2D eigenvalue weighted by atomic mass is 16.7. The summed E-state index contributed by atoms with van der Waals surface area (Å²) in [7, 11) is 6.30. The summed E-state index contributed by atoms with van der Waals surface area (Å²) in [5, 5.41) is 42.7. The molecule has 77 heavy (non-hydrogen) atoms. The van der Waals surface area contributed by atoms with Crippen molar-refractivity contribution < 1.29 is 86.9 Å². The predicted molar refractivity (Wildman–Crippen MR) is 284 cm³/mol. The normalized spacial score (nSPS) is 39.8. The molecule has 1 aromatic carbocycles. The van der Waals surface area contributed by atoms with Crippen molar-refractivity contribution >= 4 is 18.0 Å². The van der Waals surface area contributed by atoms with Crippen LogP contribution in [0, 0.1) is 23.7 Å². The van der Waals surface area contributed by atoms with E-state index in [1.165, 1.54) is 13.2 Å². The largest absolute Gasteiger partial charge is 0.493 e. The first-order valence-corrected chi connectivity index (χ1v) is 27.2. The Hall–Kier alpha value is -4.28. The Labute approximate surface area is 453 Å². The molecule has 7 aliphatic rings. The molecule has 20 unspecified atom stereocenters. The smallest absolute Gasteiger partial charge is 0.328 e. The number of carbonyl (C=O) groups excluding carboxylic acids is 1. The number of fused-ring (bicyclic) bond motifs is 2. The van der Waals surface area contributed by atoms with Gasteiger partial charge in [0.25, 0.3) is 0 Å². The molecule has 1 aliphatic carbocycles. The maximum absolute atomic E-state index is 14.3. The van der Waals surface area contributed by atoms with Crippen molar-refractivity contribution in [3.05, 3.63) is 89.1 Å². The fourth-order valence-electron chi connectivity index (χ4n) is 11.7. The lowest BCUT2D eigenvalue weighted by Gasteiger charge is -2.48. The Kier molecular flexibility index (Phi) is 20.6. The van der Waals surface area contributed by atoms with Gasteiger partial charge < -0.3 is 77.3 Å². The van der Waals surface area contributed by atoms with Crippen molar-refractivity contribution in [3.63, 3.8) is 0 Å². The summed E-state index contributed by atoms with van der Waals surface area (Å²) in [5.41, 5.74) is 0.879. The van der Waals surface area contributed by atoms with E-state index in [4.69, 9.17) is 61.9 Å². The molecule has 2 bridgehead atoms. The van der Waals surface area contributed by atoms with Crippen molar-refractivity contribution in [2.24, 2.45) is 23.7 Å². The Balaban J connectivity index is 0.000000495. The van der Waals surface area contributed by atoms with Gasteiger partial charge >= 0.3 is 11.9 Å². The third kappa shape index (κ3) is 13.8. The first-order chi connectivity index (χ1) is 36.7. The summed E-state index contributed by atoms with van der Waals surface area (Å²) in [6.07, 6.45) is 11.1. The van der Waals surface area contributed by atoms with E-state index in [2.05, 4.69) is 39.8 Å². The fraction of sp³-hybridized carbons (Fsp3) is 0.661. The number of aliphatic hydroxyl groups excluding tert-OH is 2. The molecule has 0 amide bonds. The third-order valence-corrected chi connectivity index (χ3v) is 16.3. The monoisotopic (exact) mass is 1080 g/mol. The highest BCUT2D eigenvalue weighted by Crippen LogP contribution is 2.47. The second-order valence-electron chi connectivity index (χ2n) is 21.7. The summed E-state index contributed by atoms with van der Waals surface area (Å²) < 4.78 is 73.8. The van der Waals surface area contributed by atoms with E-state index in [0.717, 1.165) is 23.6 Å². The first-order valence-electron chi connectivity index (χ1n) is 27.2. The van der Waals surface area contributed by atoms with E-state index >= 15 is 0 Å². The van der Waals surface area contributed by atoms with E-state index in [0.29, 0.717) is 54.7 Å². The van der Waals surface area contributed by atoms with E-state index in [-0.39, 0.29) is 42.7 Å². The third-order valence-electron chi connectivity index (χ3n) is 16.3. The molecule has 0 aromatic heterocycles. The number of hydrogen-bond acceptors (Lipinski definition) is 17. The van der Waals surface area contributed by atoms with E-state index < -0.39 is 96.8 Å². The molecule has 4 N–H and O–H groups in total. The zero-order valence-corrected chi connectivity index (χ0v) is 46.8. The molecule has 6 aliphatic heterocycles. The quantitative estimate of drug-likeness (QED) is 0.0924. The van der Waals surface area contributed by atoms with E-state index in [1.54, 1.807) is 65.5 Å². The standard InChI is InChI=1S/C48H72O14.C11H12O4/c1-11-25(2)43-28(5)17-18-47(62-43)23-34-20-33(61-47)16-15-27(4)42(26(3)13-12-14-32-24-55-45-40(49)29(6)19-35(46(51)58-34)48(32,45)52)59-39-22-37(54-10)44(31(8)57-39)60-38-21-36(53-9)41(50)30(7)56-38;1-14-9-5-3-8(4-6-11(12)13)7-10(9)15-2/h12-15,17-19,25-26,28,30-31,33-45,49-50,52H,11,16,20-24H2,1-10H3;3-7H,1-2H3,(H,12,13). The van der Waals surface area contributed by atoms with Gasteiger partial charge in [0.1, 0.15) is 42.0 Å². The van der Waals surface area contributed by atoms with Gasteiger partial charge in [-0.2, -0.15) is 0 Å². The van der Waals surface area contributed by atoms with Gasteiger partial charge in [0.15, 0.2) is 29.9 Å². The number of allylic oxidation sites excluding steroid dienone is 2. The second kappa shape index (κ2) is 26.3. The molecular formula is C59H84O18. The van der Waals surface area contributed by atoms with Gasteiger partial charge in [-0.1, -0.05) is 76.6 Å². The zero-order chi connectivity index (χ0) is 55.9. The number of ether oxygens (including phenoxy) is 12. The Morgan fingerprint density at radius 2 is 1.57 bits per heavy atom. The number of carbonyl (C=O) groups is 2. The number of aliphatic carboxylic acids is 1. The number of hydrogen-bond donors (Lipinski definition) is 4. The molecule has 18 heteroatoms. The van der Waals surface area contributed by atoms with Crippen LogP contribution in [0.3, 0.4) is 0 Å². The maximum Gasteiger partial charge on any atom is 0.328 e. The van der Waals surface area contributed by atoms with Crippen LogP contribution in [0.25, 0.3) is 6.08 Å². The van der Waals surface area contributed by atoms with E-state index in [1.807, 2.05) is 32.1 Å². The lowest BCUT2D eigenvalue weighted by atomic mass is 9.71. The van der Waals surface area contributed by atoms with Crippen LogP contribution in [0.1, 0.15) is 99.5 Å². The average Bonchev–Trinajstić information content (AvgIpc) is 3.76. The van der Waals surface area contributed by atoms with Crippen molar-refractivity contribution in [2.75, 3.05) is 35.0 Å². The van der Waals surface area contributed by atoms with Crippen LogP contribution < -0.4 is 9.47 Å². The minimum atomic E-state index is -1.84. The Morgan fingerprint density at radius 1 is 0.870 bits per heavy atom. The molecular weight excluding hydrogens is 997 g/mol. The minimum absolute atomic E-state index is 0.0317. The second-order valence-corrected chi connectivity index (χ2v) is 21.7. The lowest BCUT2D eigenvalue weighted by molar-refractivity contribution is -0.318. The highest BCUT2D eigenvalue weighted by Gasteiger charge is 2.60. The maximum atomic E-state index is 14.3. The Bertz CT molecular complexity index is 2360. The van der Waals surface area contributed by atoms with Gasteiger partial charge in [-0.3, -0.25) is 4.79 Å². The molecule has 8 rings (SSSR count). The zero-order valence-electron chi connectivity index (χ0n) is 46.8. The number of esters is 1. The van der Waals surface area contributed by atoms with Crippen LogP contribution in [0.4, 0.5) is 0 Å². The van der Waals surface area contributed by atoms with Gasteiger partial charge in [0, 0.05) is 57.8 Å². The van der Waals surface area contributed by atoms with Crippen LogP contribution >= 0.6 is 0 Å². The molecule has 1 spiro atoms. The topological polar surface area (TPSA) is 226 Å². The number of aliphatic hydroxyl groups is 3. The van der Waals surface area contributed by atoms with Crippen molar-refractivity contribution in [2.45, 2.75) is 191 Å². The van der Waals surface area contributed by atoms with Crippen molar-refractivity contribution in [3.8, 4) is 11.5 Å². The molecule has 20 atom stereocenters. The van der Waals surface area contributed by atoms with Crippen LogP contribution in [-0.4, -0.2) is 165 Å². The number of carboxylic acid groups (broad SMARTS) is 1. The predicted octanol–water partition coefficient (Wildman–Crippen LogP) is 7.18. The highest BCUT2D eigenvalue weighted by molar-refractivity contribution is 5.85. The van der Waals surface area contributed by atoms with Crippen LogP contribution in [0.2, 0.25) is 0 Å². The number of benzene rings is 1. The average molecular weight is 1080 g/mol. The van der Waals surface area contributed by atoms with Gasteiger partial charge in [0.05, 0.1) is 63.6 Å². The first kappa shape index (κ1) is 60.4. The van der Waals surface area contributed by atoms with Crippen LogP contribution in [0.5, 0.6) is 11.5 Å². The van der Waals surface area contributed by atoms with Gasteiger partial charge in [-0.05, 0) is 86.6 Å². The van der Waals surface area contributed by atoms with Crippen molar-refractivity contribution in [1.82, 2.24) is 0 Å². The molecule has 4 saturated heterocycles. The molecule has 0 radical (unpaired) electrons.